The number of nitrogens with zero attached hydrogens (tertiary/aromatic N) is 2. The molecule has 0 aliphatic carbocycles. The molecular formula is C13H27N3O2. The van der Waals surface area contributed by atoms with E-state index in [0.29, 0.717) is 6.54 Å². The molecule has 106 valence electrons. The molecule has 2 N–H and O–H groups in total. The number of hydrogen-bond acceptors (Lipinski definition) is 4. The van der Waals surface area contributed by atoms with E-state index >= 15 is 0 Å². The number of rotatable bonds is 4. The standard InChI is InChI=1S/C13H27N3O2/c1-13(2,3)14-12(18)11-16-6-4-5-15(7-8-16)9-10-17/h17H,4-11H2,1-3H3,(H,14,18). The van der Waals surface area contributed by atoms with Crippen molar-refractivity contribution in [1.82, 2.24) is 15.1 Å². The molecule has 0 saturated carbocycles. The minimum Gasteiger partial charge on any atom is -0.395 e. The van der Waals surface area contributed by atoms with Crippen molar-refractivity contribution in [3.05, 3.63) is 0 Å². The van der Waals surface area contributed by atoms with E-state index in [1.165, 1.54) is 0 Å². The summed E-state index contributed by atoms with van der Waals surface area (Å²) >= 11 is 0. The Morgan fingerprint density at radius 3 is 2.39 bits per heavy atom. The van der Waals surface area contributed by atoms with Crippen LogP contribution in [0.5, 0.6) is 0 Å². The molecular weight excluding hydrogens is 230 g/mol. The van der Waals surface area contributed by atoms with Gasteiger partial charge in [-0.05, 0) is 40.3 Å². The van der Waals surface area contributed by atoms with Crippen LogP contribution in [0.25, 0.3) is 0 Å². The van der Waals surface area contributed by atoms with Gasteiger partial charge in [0.25, 0.3) is 0 Å². The SMILES string of the molecule is CC(C)(C)NC(=O)CN1CCCN(CCO)CC1. The Kier molecular flexibility index (Phi) is 6.05. The van der Waals surface area contributed by atoms with Crippen LogP contribution in [0, 0.1) is 0 Å². The topological polar surface area (TPSA) is 55.8 Å². The Labute approximate surface area is 110 Å². The smallest absolute Gasteiger partial charge is 0.234 e. The fraction of sp³-hybridized carbons (Fsp3) is 0.923. The molecule has 18 heavy (non-hydrogen) atoms. The summed E-state index contributed by atoms with van der Waals surface area (Å²) in [4.78, 5) is 16.3. The Bertz CT molecular complexity index is 263. The van der Waals surface area contributed by atoms with Gasteiger partial charge in [-0.15, -0.1) is 0 Å². The molecule has 1 aliphatic rings. The Balaban J connectivity index is 2.33. The summed E-state index contributed by atoms with van der Waals surface area (Å²) < 4.78 is 0. The number of carbonyl (C=O) groups is 1. The molecule has 1 amide bonds. The van der Waals surface area contributed by atoms with Crippen LogP contribution < -0.4 is 5.32 Å². The molecule has 1 heterocycles. The highest BCUT2D eigenvalue weighted by atomic mass is 16.3. The van der Waals surface area contributed by atoms with Gasteiger partial charge in [-0.25, -0.2) is 0 Å². The Hall–Kier alpha value is -0.650. The number of aliphatic hydroxyl groups excluding tert-OH is 1. The van der Waals surface area contributed by atoms with Crippen molar-refractivity contribution in [3.63, 3.8) is 0 Å². The lowest BCUT2D eigenvalue weighted by atomic mass is 10.1. The number of aliphatic hydroxyl groups is 1. The van der Waals surface area contributed by atoms with E-state index in [2.05, 4.69) is 15.1 Å². The van der Waals surface area contributed by atoms with Crippen LogP contribution in [0.3, 0.4) is 0 Å². The summed E-state index contributed by atoms with van der Waals surface area (Å²) in [5.41, 5.74) is -0.161. The highest BCUT2D eigenvalue weighted by Crippen LogP contribution is 2.03. The molecule has 0 bridgehead atoms. The predicted molar refractivity (Wildman–Crippen MR) is 72.5 cm³/mol. The summed E-state index contributed by atoms with van der Waals surface area (Å²) in [6, 6.07) is 0. The van der Waals surface area contributed by atoms with E-state index in [-0.39, 0.29) is 18.1 Å². The van der Waals surface area contributed by atoms with Gasteiger partial charge in [0.05, 0.1) is 13.2 Å². The molecule has 0 radical (unpaired) electrons. The van der Waals surface area contributed by atoms with Gasteiger partial charge >= 0.3 is 0 Å². The minimum atomic E-state index is -0.161. The molecule has 1 fully saturated rings. The van der Waals surface area contributed by atoms with Gasteiger partial charge in [-0.2, -0.15) is 0 Å². The first-order valence-electron chi connectivity index (χ1n) is 6.77. The molecule has 0 unspecified atom stereocenters. The predicted octanol–water partition coefficient (Wildman–Crippen LogP) is -0.0989. The van der Waals surface area contributed by atoms with Gasteiger partial charge in [-0.3, -0.25) is 14.6 Å². The van der Waals surface area contributed by atoms with E-state index in [1.807, 2.05) is 20.8 Å². The first kappa shape index (κ1) is 15.4. The second kappa shape index (κ2) is 7.07. The average Bonchev–Trinajstić information content (AvgIpc) is 2.42. The molecule has 0 spiro atoms. The highest BCUT2D eigenvalue weighted by molar-refractivity contribution is 5.78. The van der Waals surface area contributed by atoms with Crippen molar-refractivity contribution >= 4 is 5.91 Å². The van der Waals surface area contributed by atoms with E-state index in [4.69, 9.17) is 5.11 Å². The van der Waals surface area contributed by atoms with Crippen LogP contribution in [-0.2, 0) is 4.79 Å². The van der Waals surface area contributed by atoms with Crippen LogP contribution in [0.1, 0.15) is 27.2 Å². The van der Waals surface area contributed by atoms with Crippen LogP contribution in [0.2, 0.25) is 0 Å². The quantitative estimate of drug-likeness (QED) is 0.738. The molecule has 1 aliphatic heterocycles. The summed E-state index contributed by atoms with van der Waals surface area (Å²) in [7, 11) is 0. The average molecular weight is 257 g/mol. The molecule has 0 aromatic heterocycles. The van der Waals surface area contributed by atoms with Gasteiger partial charge in [0.15, 0.2) is 0 Å². The maximum Gasteiger partial charge on any atom is 0.234 e. The van der Waals surface area contributed by atoms with Gasteiger partial charge in [-0.1, -0.05) is 0 Å². The Morgan fingerprint density at radius 1 is 1.17 bits per heavy atom. The van der Waals surface area contributed by atoms with E-state index < -0.39 is 0 Å². The van der Waals surface area contributed by atoms with Crippen LogP contribution in [0.4, 0.5) is 0 Å². The highest BCUT2D eigenvalue weighted by Gasteiger charge is 2.19. The molecule has 0 aromatic rings. The fourth-order valence-corrected chi connectivity index (χ4v) is 2.21. The minimum absolute atomic E-state index is 0.0955. The van der Waals surface area contributed by atoms with Crippen molar-refractivity contribution in [3.8, 4) is 0 Å². The van der Waals surface area contributed by atoms with E-state index in [0.717, 1.165) is 39.1 Å². The van der Waals surface area contributed by atoms with Crippen LogP contribution in [-0.4, -0.2) is 72.2 Å². The number of carbonyl (C=O) groups excluding carboxylic acids is 1. The lowest BCUT2D eigenvalue weighted by Crippen LogP contribution is -2.46. The third-order valence-electron chi connectivity index (χ3n) is 2.98. The first-order chi connectivity index (χ1) is 8.40. The molecule has 0 atom stereocenters. The molecule has 0 aromatic carbocycles. The van der Waals surface area contributed by atoms with Crippen molar-refractivity contribution in [1.29, 1.82) is 0 Å². The molecule has 5 nitrogen and oxygen atoms in total. The zero-order valence-corrected chi connectivity index (χ0v) is 11.9. The van der Waals surface area contributed by atoms with E-state index in [1.54, 1.807) is 0 Å². The van der Waals surface area contributed by atoms with Gasteiger partial charge < -0.3 is 10.4 Å². The maximum atomic E-state index is 11.8. The zero-order chi connectivity index (χ0) is 13.6. The van der Waals surface area contributed by atoms with E-state index in [9.17, 15) is 4.79 Å². The van der Waals surface area contributed by atoms with Gasteiger partial charge in [0.2, 0.25) is 5.91 Å². The number of β-amino-alcohol motifs (C(OH)–C–C–N with tert-alkyl or cyclic N) is 1. The summed E-state index contributed by atoms with van der Waals surface area (Å²) in [6.07, 6.45) is 1.06. The molecule has 5 heteroatoms. The monoisotopic (exact) mass is 257 g/mol. The lowest BCUT2D eigenvalue weighted by molar-refractivity contribution is -0.123. The molecule has 1 rings (SSSR count). The van der Waals surface area contributed by atoms with Crippen LogP contribution in [0.15, 0.2) is 0 Å². The fourth-order valence-electron chi connectivity index (χ4n) is 2.21. The van der Waals surface area contributed by atoms with Gasteiger partial charge in [0, 0.05) is 25.2 Å². The normalized spacial score (nSPS) is 19.6. The number of hydrogen-bond donors (Lipinski definition) is 2. The summed E-state index contributed by atoms with van der Waals surface area (Å²) in [5.74, 6) is 0.0955. The number of nitrogens with one attached hydrogen (secondary N) is 1. The van der Waals surface area contributed by atoms with Crippen molar-refractivity contribution < 1.29 is 9.90 Å². The van der Waals surface area contributed by atoms with Crippen molar-refractivity contribution in [2.75, 3.05) is 45.9 Å². The summed E-state index contributed by atoms with van der Waals surface area (Å²) in [6.45, 7) is 11.2. The maximum absolute atomic E-state index is 11.8. The van der Waals surface area contributed by atoms with Crippen molar-refractivity contribution in [2.24, 2.45) is 0 Å². The first-order valence-corrected chi connectivity index (χ1v) is 6.77. The molecule has 1 saturated heterocycles. The largest absolute Gasteiger partial charge is 0.395 e. The number of amides is 1. The third-order valence-corrected chi connectivity index (χ3v) is 2.98. The summed E-state index contributed by atoms with van der Waals surface area (Å²) in [5, 5.41) is 11.9. The zero-order valence-electron chi connectivity index (χ0n) is 11.9. The van der Waals surface area contributed by atoms with Gasteiger partial charge in [0.1, 0.15) is 0 Å². The Morgan fingerprint density at radius 2 is 1.78 bits per heavy atom. The second-order valence-electron chi connectivity index (χ2n) is 5.99. The van der Waals surface area contributed by atoms with Crippen molar-refractivity contribution in [2.45, 2.75) is 32.7 Å². The second-order valence-corrected chi connectivity index (χ2v) is 5.99. The van der Waals surface area contributed by atoms with Crippen LogP contribution >= 0.6 is 0 Å². The third kappa shape index (κ3) is 6.33. The lowest BCUT2D eigenvalue weighted by Gasteiger charge is -2.24.